The van der Waals surface area contributed by atoms with Crippen molar-refractivity contribution in [3.8, 4) is 5.75 Å². The first-order valence-electron chi connectivity index (χ1n) is 7.70. The van der Waals surface area contributed by atoms with Gasteiger partial charge in [0.2, 0.25) is 0 Å². The lowest BCUT2D eigenvalue weighted by atomic mass is 10.1. The molecule has 1 aliphatic rings. The smallest absolute Gasteiger partial charge is 0.162 e. The van der Waals surface area contributed by atoms with Crippen molar-refractivity contribution in [3.63, 3.8) is 0 Å². The highest BCUT2D eigenvalue weighted by molar-refractivity contribution is 5.34. The van der Waals surface area contributed by atoms with Gasteiger partial charge in [-0.2, -0.15) is 0 Å². The minimum Gasteiger partial charge on any atom is -0.491 e. The Morgan fingerprint density at radius 3 is 2.83 bits per heavy atom. The second-order valence-corrected chi connectivity index (χ2v) is 5.74. The van der Waals surface area contributed by atoms with E-state index in [1.165, 1.54) is 17.2 Å². The first kappa shape index (κ1) is 15.9. The van der Waals surface area contributed by atoms with Crippen molar-refractivity contribution in [1.82, 2.24) is 5.32 Å². The molecule has 122 valence electrons. The second-order valence-electron chi connectivity index (χ2n) is 5.74. The Morgan fingerprint density at radius 2 is 2.00 bits per heavy atom. The number of hydrogen-bond acceptors (Lipinski definition) is 3. The van der Waals surface area contributed by atoms with Crippen molar-refractivity contribution in [2.75, 3.05) is 13.2 Å². The highest BCUT2D eigenvalue weighted by atomic mass is 19.2. The van der Waals surface area contributed by atoms with E-state index in [0.717, 1.165) is 25.0 Å². The maximum Gasteiger partial charge on any atom is 0.162 e. The van der Waals surface area contributed by atoms with Gasteiger partial charge in [0.25, 0.3) is 0 Å². The van der Waals surface area contributed by atoms with Gasteiger partial charge in [0.05, 0.1) is 0 Å². The van der Waals surface area contributed by atoms with Crippen molar-refractivity contribution >= 4 is 0 Å². The summed E-state index contributed by atoms with van der Waals surface area (Å²) < 4.78 is 31.2. The largest absolute Gasteiger partial charge is 0.491 e. The fourth-order valence-corrected chi connectivity index (χ4v) is 2.87. The minimum atomic E-state index is -0.960. The molecule has 0 heterocycles. The monoisotopic (exact) mass is 319 g/mol. The van der Waals surface area contributed by atoms with Crippen LogP contribution >= 0.6 is 0 Å². The van der Waals surface area contributed by atoms with Crippen molar-refractivity contribution in [3.05, 3.63) is 65.2 Å². The number of benzene rings is 2. The van der Waals surface area contributed by atoms with E-state index >= 15 is 0 Å². The summed E-state index contributed by atoms with van der Waals surface area (Å²) in [5, 5.41) is 13.3. The molecule has 2 N–H and O–H groups in total. The fraction of sp³-hybridized carbons (Fsp3) is 0.333. The normalized spacial score (nSPS) is 17.8. The van der Waals surface area contributed by atoms with Gasteiger partial charge in [-0.3, -0.25) is 0 Å². The molecule has 2 aromatic rings. The lowest BCUT2D eigenvalue weighted by Gasteiger charge is -2.18. The molecule has 0 bridgehead atoms. The molecule has 0 spiro atoms. The molecule has 3 rings (SSSR count). The van der Waals surface area contributed by atoms with Gasteiger partial charge in [-0.05, 0) is 36.1 Å². The Kier molecular flexibility index (Phi) is 4.88. The summed E-state index contributed by atoms with van der Waals surface area (Å²) in [4.78, 5) is 0. The van der Waals surface area contributed by atoms with Gasteiger partial charge < -0.3 is 15.2 Å². The summed E-state index contributed by atoms with van der Waals surface area (Å²) in [6.45, 7) is 0.398. The SMILES string of the molecule is OC(CNC1CCc2ccccc21)COc1ccc(F)c(F)c1. The third-order valence-corrected chi connectivity index (χ3v) is 4.07. The number of halogens is 2. The van der Waals surface area contributed by atoms with Gasteiger partial charge in [0.15, 0.2) is 11.6 Å². The number of ether oxygens (including phenoxy) is 1. The molecule has 0 amide bonds. The van der Waals surface area contributed by atoms with Crippen molar-refractivity contribution in [2.24, 2.45) is 0 Å². The van der Waals surface area contributed by atoms with Crippen LogP contribution in [0.2, 0.25) is 0 Å². The molecule has 0 saturated carbocycles. The number of nitrogens with one attached hydrogen (secondary N) is 1. The Morgan fingerprint density at radius 1 is 1.17 bits per heavy atom. The van der Waals surface area contributed by atoms with Crippen molar-refractivity contribution in [1.29, 1.82) is 0 Å². The van der Waals surface area contributed by atoms with Gasteiger partial charge >= 0.3 is 0 Å². The van der Waals surface area contributed by atoms with Crippen LogP contribution in [0, 0.1) is 11.6 Å². The van der Waals surface area contributed by atoms with Crippen LogP contribution in [-0.4, -0.2) is 24.4 Å². The first-order chi connectivity index (χ1) is 11.1. The predicted molar refractivity (Wildman–Crippen MR) is 83.4 cm³/mol. The zero-order valence-corrected chi connectivity index (χ0v) is 12.6. The summed E-state index contributed by atoms with van der Waals surface area (Å²) >= 11 is 0. The highest BCUT2D eigenvalue weighted by Gasteiger charge is 2.22. The summed E-state index contributed by atoms with van der Waals surface area (Å²) in [7, 11) is 0. The number of rotatable bonds is 6. The molecular weight excluding hydrogens is 300 g/mol. The number of aliphatic hydroxyl groups is 1. The molecule has 0 aliphatic heterocycles. The number of aryl methyl sites for hydroxylation is 1. The summed E-state index contributed by atoms with van der Waals surface area (Å²) in [5.41, 5.74) is 2.62. The first-order valence-corrected chi connectivity index (χ1v) is 7.70. The van der Waals surface area contributed by atoms with Gasteiger partial charge in [0, 0.05) is 18.7 Å². The fourth-order valence-electron chi connectivity index (χ4n) is 2.87. The molecule has 5 heteroatoms. The van der Waals surface area contributed by atoms with Crippen LogP contribution in [-0.2, 0) is 6.42 Å². The zero-order valence-electron chi connectivity index (χ0n) is 12.6. The van der Waals surface area contributed by atoms with E-state index in [1.807, 2.05) is 12.1 Å². The molecule has 0 fully saturated rings. The van der Waals surface area contributed by atoms with Gasteiger partial charge in [-0.1, -0.05) is 24.3 Å². The second kappa shape index (κ2) is 7.06. The molecule has 0 radical (unpaired) electrons. The Balaban J connectivity index is 1.47. The molecule has 2 atom stereocenters. The standard InChI is InChI=1S/C18H19F2NO2/c19-16-7-6-14(9-17(16)20)23-11-13(22)10-21-18-8-5-12-3-1-2-4-15(12)18/h1-4,6-7,9,13,18,21-22H,5,8,10-11H2. The van der Waals surface area contributed by atoms with E-state index < -0.39 is 17.7 Å². The topological polar surface area (TPSA) is 41.5 Å². The lowest BCUT2D eigenvalue weighted by molar-refractivity contribution is 0.103. The van der Waals surface area contributed by atoms with Crippen LogP contribution in [0.25, 0.3) is 0 Å². The van der Waals surface area contributed by atoms with Gasteiger partial charge in [-0.15, -0.1) is 0 Å². The molecule has 2 aromatic carbocycles. The zero-order chi connectivity index (χ0) is 16.2. The Bertz CT molecular complexity index is 678. The molecular formula is C18H19F2NO2. The van der Waals surface area contributed by atoms with E-state index in [9.17, 15) is 13.9 Å². The van der Waals surface area contributed by atoms with E-state index in [1.54, 1.807) is 0 Å². The summed E-state index contributed by atoms with van der Waals surface area (Å²) in [6.07, 6.45) is 1.32. The highest BCUT2D eigenvalue weighted by Crippen LogP contribution is 2.30. The Hall–Kier alpha value is -1.98. The molecule has 0 aromatic heterocycles. The van der Waals surface area contributed by atoms with E-state index in [-0.39, 0.29) is 18.4 Å². The molecule has 0 saturated heterocycles. The third-order valence-electron chi connectivity index (χ3n) is 4.07. The van der Waals surface area contributed by atoms with Crippen LogP contribution in [0.3, 0.4) is 0 Å². The molecule has 23 heavy (non-hydrogen) atoms. The lowest BCUT2D eigenvalue weighted by Crippen LogP contribution is -2.33. The van der Waals surface area contributed by atoms with Crippen LogP contribution < -0.4 is 10.1 Å². The van der Waals surface area contributed by atoms with E-state index in [4.69, 9.17) is 4.74 Å². The maximum atomic E-state index is 13.1. The maximum absolute atomic E-state index is 13.1. The molecule has 2 unspecified atom stereocenters. The Labute approximate surface area is 133 Å². The van der Waals surface area contributed by atoms with Gasteiger partial charge in [0.1, 0.15) is 18.5 Å². The number of fused-ring (bicyclic) bond motifs is 1. The van der Waals surface area contributed by atoms with Crippen LogP contribution in [0.4, 0.5) is 8.78 Å². The summed E-state index contributed by atoms with van der Waals surface area (Å²) in [5.74, 6) is -1.67. The van der Waals surface area contributed by atoms with E-state index in [2.05, 4.69) is 17.4 Å². The van der Waals surface area contributed by atoms with Crippen molar-refractivity contribution < 1.29 is 18.6 Å². The van der Waals surface area contributed by atoms with E-state index in [0.29, 0.717) is 6.54 Å². The average Bonchev–Trinajstić information content (AvgIpc) is 2.97. The van der Waals surface area contributed by atoms with Crippen LogP contribution in [0.15, 0.2) is 42.5 Å². The summed E-state index contributed by atoms with van der Waals surface area (Å²) in [6, 6.07) is 11.8. The quantitative estimate of drug-likeness (QED) is 0.860. The molecule has 3 nitrogen and oxygen atoms in total. The number of hydrogen-bond donors (Lipinski definition) is 2. The number of aliphatic hydroxyl groups excluding tert-OH is 1. The average molecular weight is 319 g/mol. The third kappa shape index (κ3) is 3.86. The van der Waals surface area contributed by atoms with Crippen LogP contribution in [0.5, 0.6) is 5.75 Å². The van der Waals surface area contributed by atoms with Crippen LogP contribution in [0.1, 0.15) is 23.6 Å². The van der Waals surface area contributed by atoms with Gasteiger partial charge in [-0.25, -0.2) is 8.78 Å². The van der Waals surface area contributed by atoms with Crippen molar-refractivity contribution in [2.45, 2.75) is 25.0 Å². The molecule has 1 aliphatic carbocycles. The minimum absolute atomic E-state index is 0.0203. The predicted octanol–water partition coefficient (Wildman–Crippen LogP) is 2.98.